The Hall–Kier alpha value is -2.54. The fourth-order valence-electron chi connectivity index (χ4n) is 2.48. The number of carbonyl (C=O) groups excluding carboxylic acids is 1. The van der Waals surface area contributed by atoms with Gasteiger partial charge >= 0.3 is 0 Å². The molecule has 0 spiro atoms. The monoisotopic (exact) mass is 370 g/mol. The Bertz CT molecular complexity index is 852. The van der Waals surface area contributed by atoms with E-state index in [-0.39, 0.29) is 17.2 Å². The van der Waals surface area contributed by atoms with Crippen LogP contribution in [0.25, 0.3) is 11.4 Å². The molecule has 0 atom stereocenters. The molecule has 26 heavy (non-hydrogen) atoms. The lowest BCUT2D eigenvalue weighted by Crippen LogP contribution is -2.41. The molecule has 136 valence electrons. The van der Waals surface area contributed by atoms with Crippen molar-refractivity contribution in [3.8, 4) is 11.4 Å². The van der Waals surface area contributed by atoms with Gasteiger partial charge in [0.15, 0.2) is 11.0 Å². The SMILES string of the molecule is CC(C)(C)NC(=O)CSc1nnc(-c2ccccc2)n1Cc1ccco1. The topological polar surface area (TPSA) is 73.0 Å². The highest BCUT2D eigenvalue weighted by atomic mass is 32.2. The Kier molecular flexibility index (Phi) is 5.46. The van der Waals surface area contributed by atoms with E-state index in [0.29, 0.717) is 11.7 Å². The molecule has 0 radical (unpaired) electrons. The second kappa shape index (κ2) is 7.78. The third kappa shape index (κ3) is 4.76. The van der Waals surface area contributed by atoms with Gasteiger partial charge in [0.25, 0.3) is 0 Å². The summed E-state index contributed by atoms with van der Waals surface area (Å²) >= 11 is 1.37. The summed E-state index contributed by atoms with van der Waals surface area (Å²) in [6.45, 7) is 6.39. The summed E-state index contributed by atoms with van der Waals surface area (Å²) < 4.78 is 7.45. The molecule has 0 unspecified atom stereocenters. The van der Waals surface area contributed by atoms with Gasteiger partial charge in [-0.25, -0.2) is 0 Å². The van der Waals surface area contributed by atoms with Crippen molar-refractivity contribution in [2.24, 2.45) is 0 Å². The second-order valence-electron chi connectivity index (χ2n) is 6.92. The lowest BCUT2D eigenvalue weighted by atomic mass is 10.1. The molecule has 0 aliphatic heterocycles. The van der Waals surface area contributed by atoms with Crippen molar-refractivity contribution in [2.45, 2.75) is 38.0 Å². The fourth-order valence-corrected chi connectivity index (χ4v) is 3.22. The first kappa shape index (κ1) is 18.3. The summed E-state index contributed by atoms with van der Waals surface area (Å²) in [4.78, 5) is 12.1. The average Bonchev–Trinajstić information content (AvgIpc) is 3.23. The third-order valence-electron chi connectivity index (χ3n) is 3.49. The van der Waals surface area contributed by atoms with Crippen molar-refractivity contribution < 1.29 is 9.21 Å². The van der Waals surface area contributed by atoms with Gasteiger partial charge in [-0.1, -0.05) is 42.1 Å². The quantitative estimate of drug-likeness (QED) is 0.671. The standard InChI is InChI=1S/C19H22N4O2S/c1-19(2,3)20-16(24)13-26-18-22-21-17(14-8-5-4-6-9-14)23(18)12-15-10-7-11-25-15/h4-11H,12-13H2,1-3H3,(H,20,24). The minimum atomic E-state index is -0.255. The number of benzene rings is 1. The van der Waals surface area contributed by atoms with Crippen molar-refractivity contribution in [2.75, 3.05) is 5.75 Å². The molecule has 0 saturated carbocycles. The van der Waals surface area contributed by atoms with Crippen LogP contribution in [-0.4, -0.2) is 32.0 Å². The highest BCUT2D eigenvalue weighted by molar-refractivity contribution is 7.99. The van der Waals surface area contributed by atoms with Crippen molar-refractivity contribution >= 4 is 17.7 Å². The fraction of sp³-hybridized carbons (Fsp3) is 0.316. The van der Waals surface area contributed by atoms with Gasteiger partial charge in [0.2, 0.25) is 5.91 Å². The van der Waals surface area contributed by atoms with Crippen LogP contribution in [0.1, 0.15) is 26.5 Å². The van der Waals surface area contributed by atoms with Gasteiger partial charge in [-0.2, -0.15) is 0 Å². The lowest BCUT2D eigenvalue weighted by Gasteiger charge is -2.20. The molecule has 1 aromatic carbocycles. The minimum absolute atomic E-state index is 0.0312. The van der Waals surface area contributed by atoms with E-state index in [1.54, 1.807) is 6.26 Å². The van der Waals surface area contributed by atoms with Crippen LogP contribution in [0, 0.1) is 0 Å². The zero-order valence-corrected chi connectivity index (χ0v) is 15.9. The molecule has 1 N–H and O–H groups in total. The number of hydrogen-bond donors (Lipinski definition) is 1. The number of amides is 1. The van der Waals surface area contributed by atoms with E-state index in [9.17, 15) is 4.79 Å². The van der Waals surface area contributed by atoms with E-state index in [2.05, 4.69) is 15.5 Å². The number of carbonyl (C=O) groups is 1. The van der Waals surface area contributed by atoms with Gasteiger partial charge in [0.05, 0.1) is 18.6 Å². The Morgan fingerprint density at radius 1 is 1.15 bits per heavy atom. The van der Waals surface area contributed by atoms with E-state index < -0.39 is 0 Å². The van der Waals surface area contributed by atoms with Gasteiger partial charge in [0.1, 0.15) is 5.76 Å². The molecule has 7 heteroatoms. The van der Waals surface area contributed by atoms with Crippen molar-refractivity contribution in [1.29, 1.82) is 0 Å². The van der Waals surface area contributed by atoms with E-state index in [1.165, 1.54) is 11.8 Å². The van der Waals surface area contributed by atoms with Crippen molar-refractivity contribution in [3.63, 3.8) is 0 Å². The van der Waals surface area contributed by atoms with Crippen LogP contribution in [0.2, 0.25) is 0 Å². The molecule has 6 nitrogen and oxygen atoms in total. The van der Waals surface area contributed by atoms with Crippen LogP contribution >= 0.6 is 11.8 Å². The first-order valence-corrected chi connectivity index (χ1v) is 9.36. The van der Waals surface area contributed by atoms with Crippen molar-refractivity contribution in [3.05, 3.63) is 54.5 Å². The Morgan fingerprint density at radius 2 is 1.92 bits per heavy atom. The number of aromatic nitrogens is 3. The smallest absolute Gasteiger partial charge is 0.230 e. The molecule has 3 aromatic rings. The number of rotatable bonds is 6. The highest BCUT2D eigenvalue weighted by Gasteiger charge is 2.18. The lowest BCUT2D eigenvalue weighted by molar-refractivity contribution is -0.119. The molecule has 3 rings (SSSR count). The number of nitrogens with one attached hydrogen (secondary N) is 1. The molecule has 2 aromatic heterocycles. The predicted molar refractivity (Wildman–Crippen MR) is 102 cm³/mol. The highest BCUT2D eigenvalue weighted by Crippen LogP contribution is 2.25. The number of furan rings is 1. The van der Waals surface area contributed by atoms with E-state index in [1.807, 2.05) is 67.8 Å². The van der Waals surface area contributed by atoms with Gasteiger partial charge < -0.3 is 9.73 Å². The van der Waals surface area contributed by atoms with Crippen LogP contribution in [0.15, 0.2) is 58.3 Å². The summed E-state index contributed by atoms with van der Waals surface area (Å²) in [5.74, 6) is 1.81. The summed E-state index contributed by atoms with van der Waals surface area (Å²) in [7, 11) is 0. The van der Waals surface area contributed by atoms with E-state index >= 15 is 0 Å². The van der Waals surface area contributed by atoms with Crippen LogP contribution in [0.4, 0.5) is 0 Å². The molecule has 0 saturated heterocycles. The largest absolute Gasteiger partial charge is 0.467 e. The Morgan fingerprint density at radius 3 is 2.58 bits per heavy atom. The maximum atomic E-state index is 12.1. The molecular weight excluding hydrogens is 348 g/mol. The maximum absolute atomic E-state index is 12.1. The normalized spacial score (nSPS) is 11.5. The molecule has 0 aliphatic carbocycles. The summed E-state index contributed by atoms with van der Waals surface area (Å²) in [5, 5.41) is 12.3. The van der Waals surface area contributed by atoms with Crippen molar-refractivity contribution in [1.82, 2.24) is 20.1 Å². The number of hydrogen-bond acceptors (Lipinski definition) is 5. The molecule has 0 bridgehead atoms. The van der Waals surface area contributed by atoms with Crippen LogP contribution < -0.4 is 5.32 Å². The molecule has 1 amide bonds. The molecule has 0 fully saturated rings. The second-order valence-corrected chi connectivity index (χ2v) is 7.87. The maximum Gasteiger partial charge on any atom is 0.230 e. The van der Waals surface area contributed by atoms with Gasteiger partial charge in [-0.3, -0.25) is 9.36 Å². The molecule has 2 heterocycles. The number of thioether (sulfide) groups is 1. The van der Waals surface area contributed by atoms with Gasteiger partial charge in [-0.05, 0) is 32.9 Å². The minimum Gasteiger partial charge on any atom is -0.467 e. The third-order valence-corrected chi connectivity index (χ3v) is 4.46. The number of nitrogens with zero attached hydrogens (tertiary/aromatic N) is 3. The Balaban J connectivity index is 1.83. The molecule has 0 aliphatic rings. The average molecular weight is 370 g/mol. The first-order valence-electron chi connectivity index (χ1n) is 8.37. The first-order chi connectivity index (χ1) is 12.4. The predicted octanol–water partition coefficient (Wildman–Crippen LogP) is 3.59. The van der Waals surface area contributed by atoms with Gasteiger partial charge in [-0.15, -0.1) is 10.2 Å². The zero-order valence-electron chi connectivity index (χ0n) is 15.1. The van der Waals surface area contributed by atoms with E-state index in [4.69, 9.17) is 4.42 Å². The molecular formula is C19H22N4O2S. The van der Waals surface area contributed by atoms with Crippen LogP contribution in [0.5, 0.6) is 0 Å². The van der Waals surface area contributed by atoms with Crippen LogP contribution in [0.3, 0.4) is 0 Å². The zero-order chi connectivity index (χ0) is 18.6. The summed E-state index contributed by atoms with van der Waals surface area (Å²) in [6.07, 6.45) is 1.64. The summed E-state index contributed by atoms with van der Waals surface area (Å²) in [6, 6.07) is 13.6. The van der Waals surface area contributed by atoms with E-state index in [0.717, 1.165) is 17.1 Å². The Labute approximate surface area is 157 Å². The summed E-state index contributed by atoms with van der Waals surface area (Å²) in [5.41, 5.74) is 0.715. The van der Waals surface area contributed by atoms with Gasteiger partial charge in [0, 0.05) is 11.1 Å². The van der Waals surface area contributed by atoms with Crippen LogP contribution in [-0.2, 0) is 11.3 Å².